The van der Waals surface area contributed by atoms with E-state index >= 15 is 0 Å². The van der Waals surface area contributed by atoms with Crippen LogP contribution in [0.5, 0.6) is 5.75 Å². The summed E-state index contributed by atoms with van der Waals surface area (Å²) >= 11 is 0. The Balaban J connectivity index is 2.47. The molecule has 0 aliphatic carbocycles. The first-order valence-corrected chi connectivity index (χ1v) is 5.46. The third-order valence-corrected chi connectivity index (χ3v) is 2.30. The molecule has 102 valence electrons. The fourth-order valence-corrected chi connectivity index (χ4v) is 1.40. The Morgan fingerprint density at radius 3 is 2.50 bits per heavy atom. The van der Waals surface area contributed by atoms with Crippen molar-refractivity contribution in [1.29, 1.82) is 0 Å². The smallest absolute Gasteiger partial charge is 0.389 e. The van der Waals surface area contributed by atoms with Crippen LogP contribution in [0.1, 0.15) is 31.4 Å². The number of rotatable bonds is 5. The minimum Gasteiger partial charge on any atom is -0.493 e. The molecular formula is C12H14F4O2. The fraction of sp³-hybridized carbons (Fsp3) is 0.500. The van der Waals surface area contributed by atoms with Gasteiger partial charge < -0.3 is 9.84 Å². The standard InChI is InChI=1S/C12H14F4O2/c1-8(17)10-4-3-9(7-11(10)13)18-6-2-5-12(14,15)16/h3-4,7-8,17H,2,5-6H2,1H3. The largest absolute Gasteiger partial charge is 0.493 e. The molecule has 0 fully saturated rings. The Bertz CT molecular complexity index is 388. The van der Waals surface area contributed by atoms with Crippen molar-refractivity contribution in [1.82, 2.24) is 0 Å². The van der Waals surface area contributed by atoms with Crippen molar-refractivity contribution in [3.63, 3.8) is 0 Å². The minimum absolute atomic E-state index is 0.123. The number of benzene rings is 1. The Morgan fingerprint density at radius 1 is 1.33 bits per heavy atom. The summed E-state index contributed by atoms with van der Waals surface area (Å²) < 4.78 is 53.9. The zero-order valence-electron chi connectivity index (χ0n) is 9.80. The molecule has 1 aromatic rings. The van der Waals surface area contributed by atoms with E-state index in [0.29, 0.717) is 0 Å². The van der Waals surface area contributed by atoms with Crippen LogP contribution in [0, 0.1) is 5.82 Å². The summed E-state index contributed by atoms with van der Waals surface area (Å²) in [4.78, 5) is 0. The molecule has 0 radical (unpaired) electrons. The first kappa shape index (κ1) is 14.8. The maximum absolute atomic E-state index is 13.4. The molecule has 0 saturated carbocycles. The first-order chi connectivity index (χ1) is 8.29. The highest BCUT2D eigenvalue weighted by Crippen LogP contribution is 2.23. The lowest BCUT2D eigenvalue weighted by molar-refractivity contribution is -0.136. The van der Waals surface area contributed by atoms with Gasteiger partial charge in [0, 0.05) is 18.1 Å². The lowest BCUT2D eigenvalue weighted by Crippen LogP contribution is -2.09. The zero-order valence-corrected chi connectivity index (χ0v) is 9.80. The van der Waals surface area contributed by atoms with E-state index in [1.807, 2.05) is 0 Å². The van der Waals surface area contributed by atoms with Crippen molar-refractivity contribution in [2.45, 2.75) is 32.0 Å². The van der Waals surface area contributed by atoms with Gasteiger partial charge in [0.2, 0.25) is 0 Å². The summed E-state index contributed by atoms with van der Waals surface area (Å²) in [5.74, 6) is -0.489. The Labute approximate surface area is 102 Å². The van der Waals surface area contributed by atoms with Crippen LogP contribution < -0.4 is 4.74 Å². The van der Waals surface area contributed by atoms with E-state index < -0.39 is 24.5 Å². The van der Waals surface area contributed by atoms with Crippen molar-refractivity contribution in [2.24, 2.45) is 0 Å². The lowest BCUT2D eigenvalue weighted by atomic mass is 10.1. The van der Waals surface area contributed by atoms with Crippen LogP contribution in [0.4, 0.5) is 17.6 Å². The van der Waals surface area contributed by atoms with Gasteiger partial charge in [0.15, 0.2) is 0 Å². The molecule has 0 aliphatic rings. The summed E-state index contributed by atoms with van der Waals surface area (Å²) in [5, 5.41) is 9.19. The number of ether oxygens (including phenoxy) is 1. The second kappa shape index (κ2) is 6.04. The Kier molecular flexibility index (Phi) is 4.95. The van der Waals surface area contributed by atoms with Crippen LogP contribution in [0.15, 0.2) is 18.2 Å². The third-order valence-electron chi connectivity index (χ3n) is 2.30. The topological polar surface area (TPSA) is 29.5 Å². The van der Waals surface area contributed by atoms with Crippen LogP contribution in [0.25, 0.3) is 0 Å². The quantitative estimate of drug-likeness (QED) is 0.651. The number of aliphatic hydroxyl groups is 1. The number of hydrogen-bond donors (Lipinski definition) is 1. The average molecular weight is 266 g/mol. The molecule has 0 amide bonds. The van der Waals surface area contributed by atoms with Crippen molar-refractivity contribution in [3.8, 4) is 5.75 Å². The molecule has 1 rings (SSSR count). The second-order valence-electron chi connectivity index (χ2n) is 3.93. The van der Waals surface area contributed by atoms with E-state index in [1.165, 1.54) is 19.1 Å². The fourth-order valence-electron chi connectivity index (χ4n) is 1.40. The molecule has 0 saturated heterocycles. The van der Waals surface area contributed by atoms with E-state index in [4.69, 9.17) is 4.74 Å². The SMILES string of the molecule is CC(O)c1ccc(OCCCC(F)(F)F)cc1F. The third kappa shape index (κ3) is 4.91. The number of hydrogen-bond acceptors (Lipinski definition) is 2. The molecule has 0 aromatic heterocycles. The summed E-state index contributed by atoms with van der Waals surface area (Å²) in [5.41, 5.74) is 0.123. The van der Waals surface area contributed by atoms with E-state index in [-0.39, 0.29) is 24.3 Å². The van der Waals surface area contributed by atoms with Gasteiger partial charge in [-0.2, -0.15) is 13.2 Å². The molecule has 0 spiro atoms. The lowest BCUT2D eigenvalue weighted by Gasteiger charge is -2.10. The van der Waals surface area contributed by atoms with Crippen molar-refractivity contribution < 1.29 is 27.4 Å². The monoisotopic (exact) mass is 266 g/mol. The summed E-state index contributed by atoms with van der Waals surface area (Å²) in [6, 6.07) is 3.81. The van der Waals surface area contributed by atoms with Gasteiger partial charge in [0.1, 0.15) is 11.6 Å². The second-order valence-corrected chi connectivity index (χ2v) is 3.93. The van der Waals surface area contributed by atoms with Gasteiger partial charge in [-0.05, 0) is 25.5 Å². The van der Waals surface area contributed by atoms with Gasteiger partial charge in [-0.15, -0.1) is 0 Å². The molecule has 1 aromatic carbocycles. The molecule has 1 atom stereocenters. The van der Waals surface area contributed by atoms with Gasteiger partial charge in [-0.25, -0.2) is 4.39 Å². The van der Waals surface area contributed by atoms with Gasteiger partial charge in [-0.3, -0.25) is 0 Å². The molecule has 1 N–H and O–H groups in total. The number of halogens is 4. The highest BCUT2D eigenvalue weighted by molar-refractivity contribution is 5.29. The van der Waals surface area contributed by atoms with Crippen molar-refractivity contribution in [2.75, 3.05) is 6.61 Å². The van der Waals surface area contributed by atoms with Crippen LogP contribution in [-0.4, -0.2) is 17.9 Å². The van der Waals surface area contributed by atoms with E-state index in [1.54, 1.807) is 0 Å². The van der Waals surface area contributed by atoms with Crippen LogP contribution in [0.3, 0.4) is 0 Å². The summed E-state index contributed by atoms with van der Waals surface area (Å²) in [7, 11) is 0. The zero-order chi connectivity index (χ0) is 13.8. The molecule has 18 heavy (non-hydrogen) atoms. The van der Waals surface area contributed by atoms with E-state index in [0.717, 1.165) is 6.07 Å². The summed E-state index contributed by atoms with van der Waals surface area (Å²) in [6.07, 6.45) is -6.25. The van der Waals surface area contributed by atoms with Gasteiger partial charge in [0.25, 0.3) is 0 Å². The number of alkyl halides is 3. The van der Waals surface area contributed by atoms with Gasteiger partial charge in [0.05, 0.1) is 12.7 Å². The molecular weight excluding hydrogens is 252 g/mol. The average Bonchev–Trinajstić information content (AvgIpc) is 2.22. The molecule has 0 aliphatic heterocycles. The van der Waals surface area contributed by atoms with Gasteiger partial charge in [-0.1, -0.05) is 0 Å². The molecule has 6 heteroatoms. The molecule has 0 bridgehead atoms. The highest BCUT2D eigenvalue weighted by atomic mass is 19.4. The molecule has 1 unspecified atom stereocenters. The summed E-state index contributed by atoms with van der Waals surface area (Å²) in [6.45, 7) is 1.29. The van der Waals surface area contributed by atoms with Gasteiger partial charge >= 0.3 is 6.18 Å². The molecule has 0 heterocycles. The maximum atomic E-state index is 13.4. The van der Waals surface area contributed by atoms with Crippen LogP contribution in [-0.2, 0) is 0 Å². The van der Waals surface area contributed by atoms with Crippen molar-refractivity contribution >= 4 is 0 Å². The number of aliphatic hydroxyl groups excluding tert-OH is 1. The predicted molar refractivity (Wildman–Crippen MR) is 57.8 cm³/mol. The van der Waals surface area contributed by atoms with Crippen molar-refractivity contribution in [3.05, 3.63) is 29.6 Å². The predicted octanol–water partition coefficient (Wildman–Crippen LogP) is 3.60. The highest BCUT2D eigenvalue weighted by Gasteiger charge is 2.26. The Hall–Kier alpha value is -1.30. The minimum atomic E-state index is -4.20. The first-order valence-electron chi connectivity index (χ1n) is 5.46. The van der Waals surface area contributed by atoms with E-state index in [9.17, 15) is 22.7 Å². The van der Waals surface area contributed by atoms with E-state index in [2.05, 4.69) is 0 Å². The molecule has 2 nitrogen and oxygen atoms in total. The maximum Gasteiger partial charge on any atom is 0.389 e. The Morgan fingerprint density at radius 2 is 2.00 bits per heavy atom. The van der Waals surface area contributed by atoms with Crippen LogP contribution >= 0.6 is 0 Å². The normalized spacial score (nSPS) is 13.4. The van der Waals surface area contributed by atoms with Crippen LogP contribution in [0.2, 0.25) is 0 Å².